The van der Waals surface area contributed by atoms with Gasteiger partial charge in [-0.3, -0.25) is 10.1 Å². The standard InChI is InChI=1S/C22H22N4O2S/c1-25(2)10-9-17-13-23-20-8-7-16(12-19(17)20)22-24-18(14-29-22)11-15-5-3-4-6-21(15)26(27)28/h3-8,12-14,23H,9-11H2,1-2H3. The first-order chi connectivity index (χ1) is 14.0. The third-order valence-corrected chi connectivity index (χ3v) is 5.89. The lowest BCUT2D eigenvalue weighted by Crippen LogP contribution is -2.14. The summed E-state index contributed by atoms with van der Waals surface area (Å²) in [4.78, 5) is 21.2. The number of likely N-dealkylation sites (N-methyl/N-ethyl adjacent to an activating group) is 1. The molecule has 7 heteroatoms. The van der Waals surface area contributed by atoms with Crippen molar-refractivity contribution in [3.8, 4) is 10.6 Å². The van der Waals surface area contributed by atoms with E-state index in [0.717, 1.165) is 34.7 Å². The molecule has 0 aliphatic heterocycles. The van der Waals surface area contributed by atoms with E-state index >= 15 is 0 Å². The van der Waals surface area contributed by atoms with Gasteiger partial charge in [-0.2, -0.15) is 0 Å². The molecule has 2 aromatic carbocycles. The van der Waals surface area contributed by atoms with Gasteiger partial charge < -0.3 is 9.88 Å². The van der Waals surface area contributed by atoms with Crippen LogP contribution in [0.25, 0.3) is 21.5 Å². The first-order valence-corrected chi connectivity index (χ1v) is 10.3. The Kier molecular flexibility index (Phi) is 5.42. The predicted octanol–water partition coefficient (Wildman–Crippen LogP) is 4.89. The first kappa shape index (κ1) is 19.3. The van der Waals surface area contributed by atoms with Crippen LogP contribution in [-0.2, 0) is 12.8 Å². The Morgan fingerprint density at radius 1 is 1.17 bits per heavy atom. The van der Waals surface area contributed by atoms with Crippen molar-refractivity contribution < 1.29 is 4.92 Å². The van der Waals surface area contributed by atoms with Crippen molar-refractivity contribution in [2.75, 3.05) is 20.6 Å². The number of fused-ring (bicyclic) bond motifs is 1. The maximum atomic E-state index is 11.2. The molecule has 4 aromatic rings. The molecular formula is C22H22N4O2S. The Morgan fingerprint density at radius 2 is 2.00 bits per heavy atom. The summed E-state index contributed by atoms with van der Waals surface area (Å²) in [5.74, 6) is 0. The highest BCUT2D eigenvalue weighted by Gasteiger charge is 2.15. The molecule has 0 saturated heterocycles. The summed E-state index contributed by atoms with van der Waals surface area (Å²) in [6.45, 7) is 0.994. The van der Waals surface area contributed by atoms with Gasteiger partial charge in [0.2, 0.25) is 0 Å². The molecular weight excluding hydrogens is 384 g/mol. The molecule has 0 fully saturated rings. The summed E-state index contributed by atoms with van der Waals surface area (Å²) in [5, 5.41) is 15.4. The molecule has 2 heterocycles. The van der Waals surface area contributed by atoms with Crippen LogP contribution in [-0.4, -0.2) is 40.4 Å². The van der Waals surface area contributed by atoms with E-state index < -0.39 is 0 Å². The number of H-pyrrole nitrogens is 1. The topological polar surface area (TPSA) is 75.1 Å². The fourth-order valence-corrected chi connectivity index (χ4v) is 4.23. The van der Waals surface area contributed by atoms with Crippen molar-refractivity contribution in [2.24, 2.45) is 0 Å². The average molecular weight is 407 g/mol. The van der Waals surface area contributed by atoms with Crippen LogP contribution in [0.5, 0.6) is 0 Å². The van der Waals surface area contributed by atoms with Crippen LogP contribution in [0.1, 0.15) is 16.8 Å². The maximum Gasteiger partial charge on any atom is 0.272 e. The minimum absolute atomic E-state index is 0.140. The summed E-state index contributed by atoms with van der Waals surface area (Å²) in [6.07, 6.45) is 3.52. The Balaban J connectivity index is 1.60. The molecule has 0 bridgehead atoms. The second kappa shape index (κ2) is 8.14. The van der Waals surface area contributed by atoms with Crippen molar-refractivity contribution in [1.82, 2.24) is 14.9 Å². The van der Waals surface area contributed by atoms with Crippen LogP contribution in [0, 0.1) is 10.1 Å². The Morgan fingerprint density at radius 3 is 2.79 bits per heavy atom. The van der Waals surface area contributed by atoms with Gasteiger partial charge in [0.15, 0.2) is 0 Å². The van der Waals surface area contributed by atoms with Gasteiger partial charge in [0.25, 0.3) is 5.69 Å². The number of thiazole rings is 1. The highest BCUT2D eigenvalue weighted by molar-refractivity contribution is 7.13. The lowest BCUT2D eigenvalue weighted by Gasteiger charge is -2.08. The second-order valence-corrected chi connectivity index (χ2v) is 8.19. The van der Waals surface area contributed by atoms with Crippen LogP contribution in [0.2, 0.25) is 0 Å². The van der Waals surface area contributed by atoms with Crippen LogP contribution in [0.15, 0.2) is 54.0 Å². The number of para-hydroxylation sites is 1. The van der Waals surface area contributed by atoms with Gasteiger partial charge in [-0.15, -0.1) is 11.3 Å². The molecule has 0 spiro atoms. The van der Waals surface area contributed by atoms with E-state index in [0.29, 0.717) is 12.0 Å². The zero-order chi connectivity index (χ0) is 20.4. The van der Waals surface area contributed by atoms with E-state index in [2.05, 4.69) is 48.4 Å². The molecule has 0 saturated carbocycles. The van der Waals surface area contributed by atoms with Gasteiger partial charge in [0.05, 0.1) is 10.6 Å². The first-order valence-electron chi connectivity index (χ1n) is 9.43. The van der Waals surface area contributed by atoms with E-state index in [-0.39, 0.29) is 10.6 Å². The van der Waals surface area contributed by atoms with Crippen molar-refractivity contribution in [3.05, 3.63) is 81.0 Å². The van der Waals surface area contributed by atoms with E-state index in [9.17, 15) is 10.1 Å². The number of aromatic amines is 1. The maximum absolute atomic E-state index is 11.2. The molecule has 0 amide bonds. The summed E-state index contributed by atoms with van der Waals surface area (Å²) in [6, 6.07) is 13.2. The van der Waals surface area contributed by atoms with Gasteiger partial charge >= 0.3 is 0 Å². The molecule has 0 unspecified atom stereocenters. The molecule has 4 rings (SSSR count). The van der Waals surface area contributed by atoms with E-state index in [1.807, 2.05) is 11.4 Å². The monoisotopic (exact) mass is 406 g/mol. The summed E-state index contributed by atoms with van der Waals surface area (Å²) >= 11 is 1.57. The number of benzene rings is 2. The number of nitrogens with zero attached hydrogens (tertiary/aromatic N) is 3. The Labute approximate surface area is 173 Å². The van der Waals surface area contributed by atoms with Gasteiger partial charge in [0, 0.05) is 52.6 Å². The smallest absolute Gasteiger partial charge is 0.272 e. The highest BCUT2D eigenvalue weighted by Crippen LogP contribution is 2.30. The lowest BCUT2D eigenvalue weighted by molar-refractivity contribution is -0.385. The van der Waals surface area contributed by atoms with Crippen LogP contribution in [0.4, 0.5) is 5.69 Å². The fourth-order valence-electron chi connectivity index (χ4n) is 3.42. The number of nitro groups is 1. The highest BCUT2D eigenvalue weighted by atomic mass is 32.1. The number of nitrogens with one attached hydrogen (secondary N) is 1. The largest absolute Gasteiger partial charge is 0.361 e. The summed E-state index contributed by atoms with van der Waals surface area (Å²) in [7, 11) is 4.16. The molecule has 0 radical (unpaired) electrons. The van der Waals surface area contributed by atoms with Crippen molar-refractivity contribution in [1.29, 1.82) is 0 Å². The van der Waals surface area contributed by atoms with Gasteiger partial charge in [-0.05, 0) is 44.3 Å². The van der Waals surface area contributed by atoms with Gasteiger partial charge in [0.1, 0.15) is 5.01 Å². The van der Waals surface area contributed by atoms with Crippen molar-refractivity contribution in [2.45, 2.75) is 12.8 Å². The summed E-state index contributed by atoms with van der Waals surface area (Å²) in [5.41, 5.74) is 5.16. The van der Waals surface area contributed by atoms with Gasteiger partial charge in [-0.25, -0.2) is 4.98 Å². The molecule has 0 atom stereocenters. The van der Waals surface area contributed by atoms with Crippen LogP contribution >= 0.6 is 11.3 Å². The van der Waals surface area contributed by atoms with Crippen molar-refractivity contribution in [3.63, 3.8) is 0 Å². The molecule has 1 N–H and O–H groups in total. The second-order valence-electron chi connectivity index (χ2n) is 7.33. The number of nitro benzene ring substituents is 1. The minimum atomic E-state index is -0.336. The molecule has 0 aliphatic carbocycles. The lowest BCUT2D eigenvalue weighted by atomic mass is 10.1. The molecule has 148 valence electrons. The molecule has 29 heavy (non-hydrogen) atoms. The predicted molar refractivity (Wildman–Crippen MR) is 118 cm³/mol. The third-order valence-electron chi connectivity index (χ3n) is 4.95. The van der Waals surface area contributed by atoms with Crippen molar-refractivity contribution >= 4 is 27.9 Å². The average Bonchev–Trinajstić information content (AvgIpc) is 3.33. The SMILES string of the molecule is CN(C)CCc1c[nH]c2ccc(-c3nc(Cc4ccccc4[N+](=O)[O-])cs3)cc12. The molecule has 0 aliphatic rings. The number of rotatable bonds is 7. The Hall–Kier alpha value is -3.03. The Bertz CT molecular complexity index is 1160. The van der Waals surface area contributed by atoms with Crippen LogP contribution < -0.4 is 0 Å². The zero-order valence-corrected chi connectivity index (χ0v) is 17.2. The minimum Gasteiger partial charge on any atom is -0.361 e. The number of hydrogen-bond donors (Lipinski definition) is 1. The molecule has 2 aromatic heterocycles. The van der Waals surface area contributed by atoms with Crippen LogP contribution in [0.3, 0.4) is 0 Å². The normalized spacial score (nSPS) is 11.4. The zero-order valence-electron chi connectivity index (χ0n) is 16.4. The quantitative estimate of drug-likeness (QED) is 0.350. The number of hydrogen-bond acceptors (Lipinski definition) is 5. The van der Waals surface area contributed by atoms with Gasteiger partial charge in [-0.1, -0.05) is 18.2 Å². The third kappa shape index (κ3) is 4.21. The number of aromatic nitrogens is 2. The van der Waals surface area contributed by atoms with E-state index in [4.69, 9.17) is 4.98 Å². The van der Waals surface area contributed by atoms with E-state index in [1.54, 1.807) is 23.5 Å². The summed E-state index contributed by atoms with van der Waals surface area (Å²) < 4.78 is 0. The molecule has 6 nitrogen and oxygen atoms in total. The fraction of sp³-hybridized carbons (Fsp3) is 0.227. The van der Waals surface area contributed by atoms with E-state index in [1.165, 1.54) is 17.0 Å².